The third kappa shape index (κ3) is 4.51. The highest BCUT2D eigenvalue weighted by Gasteiger charge is 2.26. The zero-order valence-electron chi connectivity index (χ0n) is 10.8. The standard InChI is InChI=1S/C13H23NO2/c1-7-14(11(5)6)12(9-10(3)4)13(15)16-8-2/h7,10,12H,1,5,8-9H2,2-4,6H3. The van der Waals surface area contributed by atoms with Gasteiger partial charge in [-0.15, -0.1) is 0 Å². The molecular formula is C13H23NO2. The van der Waals surface area contributed by atoms with Crippen LogP contribution in [0.4, 0.5) is 0 Å². The maximum Gasteiger partial charge on any atom is 0.329 e. The van der Waals surface area contributed by atoms with Crippen LogP contribution in [0.25, 0.3) is 0 Å². The number of hydrogen-bond donors (Lipinski definition) is 0. The lowest BCUT2D eigenvalue weighted by Gasteiger charge is -2.29. The van der Waals surface area contributed by atoms with E-state index in [-0.39, 0.29) is 12.0 Å². The Kier molecular flexibility index (Phi) is 6.54. The van der Waals surface area contributed by atoms with Crippen molar-refractivity contribution in [2.24, 2.45) is 5.92 Å². The number of carbonyl (C=O) groups is 1. The van der Waals surface area contributed by atoms with Crippen LogP contribution in [-0.2, 0) is 9.53 Å². The molecule has 0 aromatic rings. The maximum atomic E-state index is 11.8. The molecule has 0 aliphatic heterocycles. The molecule has 0 aliphatic rings. The van der Waals surface area contributed by atoms with Gasteiger partial charge in [-0.05, 0) is 32.4 Å². The minimum absolute atomic E-state index is 0.209. The molecule has 0 rings (SSSR count). The van der Waals surface area contributed by atoms with Gasteiger partial charge in [-0.25, -0.2) is 4.79 Å². The molecule has 0 aliphatic carbocycles. The molecule has 0 bridgehead atoms. The first-order valence-electron chi connectivity index (χ1n) is 5.67. The van der Waals surface area contributed by atoms with E-state index in [9.17, 15) is 4.79 Å². The Morgan fingerprint density at radius 2 is 2.06 bits per heavy atom. The molecule has 0 heterocycles. The molecule has 16 heavy (non-hydrogen) atoms. The molecule has 0 aromatic heterocycles. The fourth-order valence-corrected chi connectivity index (χ4v) is 1.56. The van der Waals surface area contributed by atoms with Crippen LogP contribution in [0, 0.1) is 5.92 Å². The van der Waals surface area contributed by atoms with Gasteiger partial charge in [0.05, 0.1) is 6.61 Å². The van der Waals surface area contributed by atoms with Crippen molar-refractivity contribution in [3.63, 3.8) is 0 Å². The number of rotatable bonds is 7. The largest absolute Gasteiger partial charge is 0.464 e. The lowest BCUT2D eigenvalue weighted by molar-refractivity contribution is -0.148. The van der Waals surface area contributed by atoms with E-state index >= 15 is 0 Å². The Hall–Kier alpha value is -1.25. The van der Waals surface area contributed by atoms with Crippen molar-refractivity contribution in [2.75, 3.05) is 6.61 Å². The van der Waals surface area contributed by atoms with E-state index in [4.69, 9.17) is 4.74 Å². The molecule has 0 spiro atoms. The fraction of sp³-hybridized carbons (Fsp3) is 0.615. The maximum absolute atomic E-state index is 11.8. The summed E-state index contributed by atoms with van der Waals surface area (Å²) in [6.07, 6.45) is 2.37. The van der Waals surface area contributed by atoms with Crippen LogP contribution < -0.4 is 0 Å². The van der Waals surface area contributed by atoms with Gasteiger partial charge in [-0.1, -0.05) is 27.0 Å². The lowest BCUT2D eigenvalue weighted by Crippen LogP contribution is -2.38. The first-order chi connectivity index (χ1) is 7.43. The summed E-state index contributed by atoms with van der Waals surface area (Å²) in [5.74, 6) is 0.204. The molecule has 0 radical (unpaired) electrons. The summed E-state index contributed by atoms with van der Waals surface area (Å²) >= 11 is 0. The van der Waals surface area contributed by atoms with Crippen molar-refractivity contribution < 1.29 is 9.53 Å². The van der Waals surface area contributed by atoms with Gasteiger partial charge in [0.1, 0.15) is 6.04 Å². The average molecular weight is 225 g/mol. The van der Waals surface area contributed by atoms with E-state index in [1.807, 2.05) is 13.8 Å². The quantitative estimate of drug-likeness (QED) is 0.624. The third-order valence-corrected chi connectivity index (χ3v) is 2.23. The highest BCUT2D eigenvalue weighted by Crippen LogP contribution is 2.17. The summed E-state index contributed by atoms with van der Waals surface area (Å²) in [6, 6.07) is -0.310. The molecule has 0 fully saturated rings. The van der Waals surface area contributed by atoms with Crippen LogP contribution in [0.2, 0.25) is 0 Å². The van der Waals surface area contributed by atoms with Gasteiger partial charge < -0.3 is 9.64 Å². The van der Waals surface area contributed by atoms with E-state index in [0.717, 1.165) is 12.1 Å². The van der Waals surface area contributed by atoms with E-state index in [1.54, 1.807) is 11.1 Å². The summed E-state index contributed by atoms with van der Waals surface area (Å²) in [6.45, 7) is 15.8. The van der Waals surface area contributed by atoms with Gasteiger partial charge in [0.25, 0.3) is 0 Å². The SMILES string of the molecule is C=CN(C(=C)C)C(CC(C)C)C(=O)OCC. The second-order valence-electron chi connectivity index (χ2n) is 4.22. The first-order valence-corrected chi connectivity index (χ1v) is 5.67. The van der Waals surface area contributed by atoms with Crippen molar-refractivity contribution in [2.45, 2.75) is 40.2 Å². The molecule has 0 N–H and O–H groups in total. The summed E-state index contributed by atoms with van der Waals surface area (Å²) in [5, 5.41) is 0. The van der Waals surface area contributed by atoms with Crippen molar-refractivity contribution in [3.8, 4) is 0 Å². The minimum atomic E-state index is -0.310. The van der Waals surface area contributed by atoms with E-state index in [2.05, 4.69) is 27.0 Å². The second kappa shape index (κ2) is 7.09. The van der Waals surface area contributed by atoms with Crippen LogP contribution in [0.5, 0.6) is 0 Å². The van der Waals surface area contributed by atoms with Crippen LogP contribution in [0.3, 0.4) is 0 Å². The normalized spacial score (nSPS) is 12.1. The Bertz CT molecular complexity index is 259. The lowest BCUT2D eigenvalue weighted by atomic mass is 10.0. The van der Waals surface area contributed by atoms with Crippen LogP contribution >= 0.6 is 0 Å². The predicted molar refractivity (Wildman–Crippen MR) is 66.7 cm³/mol. The zero-order chi connectivity index (χ0) is 12.7. The Morgan fingerprint density at radius 3 is 2.38 bits per heavy atom. The smallest absolute Gasteiger partial charge is 0.329 e. The fourth-order valence-electron chi connectivity index (χ4n) is 1.56. The Balaban J connectivity index is 4.82. The minimum Gasteiger partial charge on any atom is -0.464 e. The van der Waals surface area contributed by atoms with Gasteiger partial charge in [0.2, 0.25) is 0 Å². The van der Waals surface area contributed by atoms with E-state index in [1.165, 1.54) is 0 Å². The highest BCUT2D eigenvalue weighted by molar-refractivity contribution is 5.76. The van der Waals surface area contributed by atoms with E-state index in [0.29, 0.717) is 12.5 Å². The van der Waals surface area contributed by atoms with Gasteiger partial charge >= 0.3 is 5.97 Å². The number of allylic oxidation sites excluding steroid dienone is 1. The zero-order valence-corrected chi connectivity index (χ0v) is 10.8. The highest BCUT2D eigenvalue weighted by atomic mass is 16.5. The van der Waals surface area contributed by atoms with Crippen molar-refractivity contribution in [1.29, 1.82) is 0 Å². The molecular weight excluding hydrogens is 202 g/mol. The summed E-state index contributed by atoms with van der Waals surface area (Å²) < 4.78 is 5.07. The molecule has 0 saturated heterocycles. The summed E-state index contributed by atoms with van der Waals surface area (Å²) in [4.78, 5) is 13.6. The van der Waals surface area contributed by atoms with Gasteiger partial charge in [-0.3, -0.25) is 0 Å². The molecule has 0 amide bonds. The molecule has 3 nitrogen and oxygen atoms in total. The number of nitrogens with zero attached hydrogens (tertiary/aromatic N) is 1. The molecule has 1 atom stereocenters. The number of esters is 1. The summed E-state index contributed by atoms with van der Waals surface area (Å²) in [7, 11) is 0. The van der Waals surface area contributed by atoms with Crippen LogP contribution in [0.1, 0.15) is 34.1 Å². The monoisotopic (exact) mass is 225 g/mol. The number of ether oxygens (including phenoxy) is 1. The molecule has 0 saturated carbocycles. The number of carbonyl (C=O) groups excluding carboxylic acids is 1. The second-order valence-corrected chi connectivity index (χ2v) is 4.22. The van der Waals surface area contributed by atoms with Gasteiger partial charge in [-0.2, -0.15) is 0 Å². The van der Waals surface area contributed by atoms with Crippen molar-refractivity contribution in [1.82, 2.24) is 4.90 Å². The first kappa shape index (κ1) is 14.8. The average Bonchev–Trinajstić information content (AvgIpc) is 2.16. The molecule has 92 valence electrons. The van der Waals surface area contributed by atoms with E-state index < -0.39 is 0 Å². The Morgan fingerprint density at radius 1 is 1.50 bits per heavy atom. The predicted octanol–water partition coefficient (Wildman–Crippen LogP) is 2.94. The number of hydrogen-bond acceptors (Lipinski definition) is 3. The summed E-state index contributed by atoms with van der Waals surface area (Å²) in [5.41, 5.74) is 0.800. The Labute approximate surface area is 98.8 Å². The van der Waals surface area contributed by atoms with Crippen molar-refractivity contribution >= 4 is 5.97 Å². The topological polar surface area (TPSA) is 29.5 Å². The molecule has 3 heteroatoms. The van der Waals surface area contributed by atoms with Crippen molar-refractivity contribution in [3.05, 3.63) is 25.1 Å². The third-order valence-electron chi connectivity index (χ3n) is 2.23. The molecule has 0 aromatic carbocycles. The van der Waals surface area contributed by atoms with Crippen LogP contribution in [-0.4, -0.2) is 23.5 Å². The van der Waals surface area contributed by atoms with Gasteiger partial charge in [0.15, 0.2) is 0 Å². The van der Waals surface area contributed by atoms with Gasteiger partial charge in [0, 0.05) is 5.70 Å². The van der Waals surface area contributed by atoms with Crippen LogP contribution in [0.15, 0.2) is 25.1 Å². The molecule has 1 unspecified atom stereocenters.